The molecule has 0 aliphatic rings. The largest absolute Gasteiger partial charge is 0.495 e. The minimum absolute atomic E-state index is 0.0113. The fourth-order valence-corrected chi connectivity index (χ4v) is 4.55. The second kappa shape index (κ2) is 8.30. The van der Waals surface area contributed by atoms with E-state index in [9.17, 15) is 8.42 Å². The molecule has 0 spiro atoms. The highest BCUT2D eigenvalue weighted by Crippen LogP contribution is 2.30. The van der Waals surface area contributed by atoms with Crippen molar-refractivity contribution in [3.05, 3.63) is 58.9 Å². The third kappa shape index (κ3) is 4.19. The van der Waals surface area contributed by atoms with Gasteiger partial charge in [-0.15, -0.1) is 0 Å². The Morgan fingerprint density at radius 2 is 2.00 bits per heavy atom. The number of nitrogens with zero attached hydrogens (tertiary/aromatic N) is 3. The maximum Gasteiger partial charge on any atom is 0.247 e. The average Bonchev–Trinajstić information content (AvgIpc) is 3.14. The monoisotopic (exact) mass is 421 g/mol. The van der Waals surface area contributed by atoms with Gasteiger partial charge < -0.3 is 9.26 Å². The van der Waals surface area contributed by atoms with E-state index >= 15 is 0 Å². The SMILES string of the molecule is CCN(Cc1nc(-c2cccc(C)c2)no1)S(=O)(=O)c1cc(Cl)ccc1OC. The highest BCUT2D eigenvalue weighted by molar-refractivity contribution is 7.89. The molecule has 0 saturated heterocycles. The lowest BCUT2D eigenvalue weighted by Gasteiger charge is -2.20. The predicted molar refractivity (Wildman–Crippen MR) is 106 cm³/mol. The summed E-state index contributed by atoms with van der Waals surface area (Å²) >= 11 is 5.99. The molecule has 0 bridgehead atoms. The minimum Gasteiger partial charge on any atom is -0.495 e. The molecule has 0 amide bonds. The van der Waals surface area contributed by atoms with Gasteiger partial charge in [0.15, 0.2) is 0 Å². The summed E-state index contributed by atoms with van der Waals surface area (Å²) in [6.45, 7) is 3.84. The Kier molecular flexibility index (Phi) is 6.02. The zero-order valence-corrected chi connectivity index (χ0v) is 17.3. The van der Waals surface area contributed by atoms with Crippen LogP contribution >= 0.6 is 11.6 Å². The molecule has 1 heterocycles. The first-order valence-electron chi connectivity index (χ1n) is 8.58. The van der Waals surface area contributed by atoms with Crippen LogP contribution in [0.1, 0.15) is 18.4 Å². The van der Waals surface area contributed by atoms with Crippen molar-refractivity contribution in [1.82, 2.24) is 14.4 Å². The number of aryl methyl sites for hydroxylation is 1. The normalized spacial score (nSPS) is 11.8. The molecule has 0 fully saturated rings. The summed E-state index contributed by atoms with van der Waals surface area (Å²) in [5.74, 6) is 0.823. The van der Waals surface area contributed by atoms with Crippen LogP contribution in [0.4, 0.5) is 0 Å². The highest BCUT2D eigenvalue weighted by atomic mass is 35.5. The van der Waals surface area contributed by atoms with Crippen molar-refractivity contribution in [1.29, 1.82) is 0 Å². The molecule has 0 unspecified atom stereocenters. The van der Waals surface area contributed by atoms with E-state index in [1.807, 2.05) is 31.2 Å². The molecule has 0 aliphatic carbocycles. The van der Waals surface area contributed by atoms with Gasteiger partial charge in [0.05, 0.1) is 13.7 Å². The van der Waals surface area contributed by atoms with Gasteiger partial charge in [-0.25, -0.2) is 8.42 Å². The van der Waals surface area contributed by atoms with Crippen molar-refractivity contribution in [2.24, 2.45) is 0 Å². The van der Waals surface area contributed by atoms with Crippen LogP contribution in [0.25, 0.3) is 11.4 Å². The molecule has 0 saturated carbocycles. The summed E-state index contributed by atoms with van der Waals surface area (Å²) in [4.78, 5) is 4.32. The first-order chi connectivity index (χ1) is 13.3. The summed E-state index contributed by atoms with van der Waals surface area (Å²) < 4.78 is 37.9. The smallest absolute Gasteiger partial charge is 0.247 e. The zero-order chi connectivity index (χ0) is 20.3. The van der Waals surface area contributed by atoms with Crippen LogP contribution in [0.5, 0.6) is 5.75 Å². The van der Waals surface area contributed by atoms with Crippen molar-refractivity contribution >= 4 is 21.6 Å². The Bertz CT molecular complexity index is 1080. The van der Waals surface area contributed by atoms with E-state index in [0.29, 0.717) is 10.8 Å². The Balaban J connectivity index is 1.90. The Labute approximate surface area is 168 Å². The number of hydrogen-bond acceptors (Lipinski definition) is 6. The molecule has 0 N–H and O–H groups in total. The summed E-state index contributed by atoms with van der Waals surface area (Å²) in [5, 5.41) is 4.27. The number of rotatable bonds is 7. The van der Waals surface area contributed by atoms with E-state index in [2.05, 4.69) is 10.1 Å². The Morgan fingerprint density at radius 1 is 1.21 bits per heavy atom. The lowest BCUT2D eigenvalue weighted by molar-refractivity contribution is 0.320. The van der Waals surface area contributed by atoms with Gasteiger partial charge in [-0.2, -0.15) is 9.29 Å². The van der Waals surface area contributed by atoms with Crippen molar-refractivity contribution in [2.45, 2.75) is 25.3 Å². The van der Waals surface area contributed by atoms with Crippen molar-refractivity contribution in [2.75, 3.05) is 13.7 Å². The number of benzene rings is 2. The summed E-state index contributed by atoms with van der Waals surface area (Å²) in [5.41, 5.74) is 1.87. The van der Waals surface area contributed by atoms with Crippen molar-refractivity contribution in [3.63, 3.8) is 0 Å². The van der Waals surface area contributed by atoms with Gasteiger partial charge in [0.25, 0.3) is 0 Å². The third-order valence-corrected chi connectivity index (χ3v) is 6.33. The van der Waals surface area contributed by atoms with Crippen LogP contribution in [0.15, 0.2) is 51.9 Å². The molecule has 0 aliphatic heterocycles. The van der Waals surface area contributed by atoms with Crippen LogP contribution in [0, 0.1) is 6.92 Å². The molecule has 7 nitrogen and oxygen atoms in total. The fraction of sp³-hybridized carbons (Fsp3) is 0.263. The molecule has 3 rings (SSSR count). The maximum atomic E-state index is 13.1. The quantitative estimate of drug-likeness (QED) is 0.574. The predicted octanol–water partition coefficient (Wildman–Crippen LogP) is 3.92. The highest BCUT2D eigenvalue weighted by Gasteiger charge is 2.29. The second-order valence-electron chi connectivity index (χ2n) is 6.11. The van der Waals surface area contributed by atoms with Crippen LogP contribution in [-0.2, 0) is 16.6 Å². The van der Waals surface area contributed by atoms with E-state index in [1.165, 1.54) is 23.5 Å². The summed E-state index contributed by atoms with van der Waals surface area (Å²) in [6, 6.07) is 12.1. The molecule has 3 aromatic rings. The van der Waals surface area contributed by atoms with Gasteiger partial charge in [-0.05, 0) is 31.2 Å². The molecule has 9 heteroatoms. The van der Waals surface area contributed by atoms with Crippen molar-refractivity contribution in [3.8, 4) is 17.1 Å². The average molecular weight is 422 g/mol. The van der Waals surface area contributed by atoms with Gasteiger partial charge in [-0.3, -0.25) is 0 Å². The molecule has 0 radical (unpaired) electrons. The van der Waals surface area contributed by atoms with E-state index in [-0.39, 0.29) is 29.6 Å². The summed E-state index contributed by atoms with van der Waals surface area (Å²) in [6.07, 6.45) is 0. The number of aromatic nitrogens is 2. The number of hydrogen-bond donors (Lipinski definition) is 0. The van der Waals surface area contributed by atoms with Gasteiger partial charge >= 0.3 is 0 Å². The third-order valence-electron chi connectivity index (χ3n) is 4.15. The molecule has 0 atom stereocenters. The number of halogens is 1. The standard InChI is InChI=1S/C19H20ClN3O4S/c1-4-23(28(24,25)17-11-15(20)8-9-16(17)26-3)12-18-21-19(22-27-18)14-7-5-6-13(2)10-14/h5-11H,4,12H2,1-3H3. The molecule has 28 heavy (non-hydrogen) atoms. The van der Waals surface area contributed by atoms with Gasteiger partial charge in [0.1, 0.15) is 10.6 Å². The molecular weight excluding hydrogens is 402 g/mol. The molecule has 2 aromatic carbocycles. The molecular formula is C19H20ClN3O4S. The second-order valence-corrected chi connectivity index (χ2v) is 8.45. The Morgan fingerprint density at radius 3 is 2.68 bits per heavy atom. The molecule has 1 aromatic heterocycles. The van der Waals surface area contributed by atoms with E-state index < -0.39 is 10.0 Å². The van der Waals surface area contributed by atoms with E-state index in [1.54, 1.807) is 13.0 Å². The van der Waals surface area contributed by atoms with Crippen molar-refractivity contribution < 1.29 is 17.7 Å². The van der Waals surface area contributed by atoms with Gasteiger partial charge in [-0.1, -0.05) is 47.4 Å². The number of methoxy groups -OCH3 is 1. The topological polar surface area (TPSA) is 85.5 Å². The molecule has 148 valence electrons. The lowest BCUT2D eigenvalue weighted by Crippen LogP contribution is -2.31. The van der Waals surface area contributed by atoms with Crippen LogP contribution in [0.3, 0.4) is 0 Å². The fourth-order valence-electron chi connectivity index (χ4n) is 2.73. The maximum absolute atomic E-state index is 13.1. The number of sulfonamides is 1. The first kappa shape index (κ1) is 20.3. The first-order valence-corrected chi connectivity index (χ1v) is 10.4. The van der Waals surface area contributed by atoms with Crippen LogP contribution < -0.4 is 4.74 Å². The van der Waals surface area contributed by atoms with Gasteiger partial charge in [0.2, 0.25) is 21.7 Å². The van der Waals surface area contributed by atoms with Crippen LogP contribution in [0.2, 0.25) is 5.02 Å². The lowest BCUT2D eigenvalue weighted by atomic mass is 10.1. The zero-order valence-electron chi connectivity index (χ0n) is 15.7. The van der Waals surface area contributed by atoms with E-state index in [0.717, 1.165) is 11.1 Å². The van der Waals surface area contributed by atoms with Crippen LogP contribution in [-0.4, -0.2) is 36.5 Å². The number of ether oxygens (including phenoxy) is 1. The van der Waals surface area contributed by atoms with E-state index in [4.69, 9.17) is 20.9 Å². The van der Waals surface area contributed by atoms with Gasteiger partial charge in [0, 0.05) is 17.1 Å². The minimum atomic E-state index is -3.88. The summed E-state index contributed by atoms with van der Waals surface area (Å²) in [7, 11) is -2.47. The Hall–Kier alpha value is -2.42.